The van der Waals surface area contributed by atoms with Gasteiger partial charge in [-0.05, 0) is 59.8 Å². The molecule has 4 rings (SSSR count). The minimum absolute atomic E-state index is 0.176. The Bertz CT molecular complexity index is 1220. The van der Waals surface area contributed by atoms with Crippen molar-refractivity contribution >= 4 is 11.6 Å². The summed E-state index contributed by atoms with van der Waals surface area (Å²) in [5, 5.41) is 18.3. The number of nitrogens with zero attached hydrogens (tertiary/aromatic N) is 6. The van der Waals surface area contributed by atoms with Crippen molar-refractivity contribution in [3.63, 3.8) is 0 Å². The van der Waals surface area contributed by atoms with Gasteiger partial charge in [0.1, 0.15) is 17.2 Å². The molecule has 2 aromatic heterocycles. The number of methoxy groups -OCH3 is 2. The molecule has 0 spiro atoms. The van der Waals surface area contributed by atoms with E-state index in [2.05, 4.69) is 31.0 Å². The number of ether oxygens (including phenoxy) is 2. The van der Waals surface area contributed by atoms with Gasteiger partial charge in [-0.3, -0.25) is 4.79 Å². The van der Waals surface area contributed by atoms with Gasteiger partial charge in [-0.25, -0.2) is 0 Å². The van der Waals surface area contributed by atoms with Crippen LogP contribution in [-0.2, 0) is 11.2 Å². The molecule has 0 unspecified atom stereocenters. The first-order valence-electron chi connectivity index (χ1n) is 9.77. The molecular weight excluding hydrogens is 414 g/mol. The van der Waals surface area contributed by atoms with Gasteiger partial charge in [0, 0.05) is 24.1 Å². The number of nitrogens with one attached hydrogen (secondary N) is 1. The van der Waals surface area contributed by atoms with Crippen LogP contribution in [0.15, 0.2) is 47.0 Å². The van der Waals surface area contributed by atoms with Crippen molar-refractivity contribution in [2.45, 2.75) is 19.8 Å². The predicted molar refractivity (Wildman–Crippen MR) is 114 cm³/mol. The maximum Gasteiger partial charge on any atom is 0.227 e. The standard InChI is InChI=1S/C21H21N7O4/c1-13-24-26-27-28(13)17-12-15(6-9-18(17)31-3)22-19(29)10-11-20-23-21(25-32-20)14-4-7-16(30-2)8-5-14/h4-9,12H,10-11H2,1-3H3,(H,22,29). The van der Waals surface area contributed by atoms with Crippen molar-refractivity contribution in [3.8, 4) is 28.6 Å². The Morgan fingerprint density at radius 3 is 2.62 bits per heavy atom. The summed E-state index contributed by atoms with van der Waals surface area (Å²) in [6.07, 6.45) is 0.486. The van der Waals surface area contributed by atoms with Crippen molar-refractivity contribution in [3.05, 3.63) is 54.2 Å². The van der Waals surface area contributed by atoms with Gasteiger partial charge in [0.2, 0.25) is 17.6 Å². The Morgan fingerprint density at radius 2 is 1.94 bits per heavy atom. The van der Waals surface area contributed by atoms with Crippen LogP contribution in [0.4, 0.5) is 5.69 Å². The van der Waals surface area contributed by atoms with Crippen LogP contribution in [0, 0.1) is 6.92 Å². The molecule has 1 N–H and O–H groups in total. The molecule has 2 aromatic carbocycles. The van der Waals surface area contributed by atoms with Crippen LogP contribution in [-0.4, -0.2) is 50.5 Å². The second-order valence-corrected chi connectivity index (χ2v) is 6.81. The molecule has 0 saturated carbocycles. The Kier molecular flexibility index (Phi) is 6.06. The lowest BCUT2D eigenvalue weighted by Gasteiger charge is -2.11. The third kappa shape index (κ3) is 4.56. The van der Waals surface area contributed by atoms with Gasteiger partial charge in [0.05, 0.1) is 14.2 Å². The molecule has 0 atom stereocenters. The molecule has 0 aliphatic rings. The minimum Gasteiger partial charge on any atom is -0.497 e. The van der Waals surface area contributed by atoms with Crippen molar-refractivity contribution < 1.29 is 18.8 Å². The number of rotatable bonds is 8. The molecule has 32 heavy (non-hydrogen) atoms. The highest BCUT2D eigenvalue weighted by atomic mass is 16.5. The van der Waals surface area contributed by atoms with E-state index in [0.29, 0.717) is 41.1 Å². The van der Waals surface area contributed by atoms with E-state index in [9.17, 15) is 4.79 Å². The van der Waals surface area contributed by atoms with Crippen molar-refractivity contribution in [2.75, 3.05) is 19.5 Å². The first-order chi connectivity index (χ1) is 15.6. The zero-order chi connectivity index (χ0) is 22.5. The smallest absolute Gasteiger partial charge is 0.227 e. The van der Waals surface area contributed by atoms with Gasteiger partial charge < -0.3 is 19.3 Å². The first kappa shape index (κ1) is 21.0. The van der Waals surface area contributed by atoms with Gasteiger partial charge in [-0.1, -0.05) is 5.16 Å². The van der Waals surface area contributed by atoms with Crippen molar-refractivity contribution in [1.29, 1.82) is 0 Å². The zero-order valence-electron chi connectivity index (χ0n) is 17.8. The van der Waals surface area contributed by atoms with Crippen molar-refractivity contribution in [1.82, 2.24) is 30.3 Å². The van der Waals surface area contributed by atoms with Crippen LogP contribution in [0.3, 0.4) is 0 Å². The number of hydrogen-bond donors (Lipinski definition) is 1. The lowest BCUT2D eigenvalue weighted by molar-refractivity contribution is -0.116. The summed E-state index contributed by atoms with van der Waals surface area (Å²) >= 11 is 0. The Morgan fingerprint density at radius 1 is 1.12 bits per heavy atom. The average Bonchev–Trinajstić information content (AvgIpc) is 3.47. The fraction of sp³-hybridized carbons (Fsp3) is 0.238. The third-order valence-electron chi connectivity index (χ3n) is 4.70. The molecule has 0 aliphatic heterocycles. The molecule has 11 nitrogen and oxygen atoms in total. The van der Waals surface area contributed by atoms with E-state index >= 15 is 0 Å². The molecule has 2 heterocycles. The Labute approximate surface area is 183 Å². The van der Waals surface area contributed by atoms with E-state index in [-0.39, 0.29) is 12.3 Å². The van der Waals surface area contributed by atoms with E-state index in [0.717, 1.165) is 11.3 Å². The van der Waals surface area contributed by atoms with Crippen LogP contribution >= 0.6 is 0 Å². The summed E-state index contributed by atoms with van der Waals surface area (Å²) in [7, 11) is 3.16. The first-order valence-corrected chi connectivity index (χ1v) is 9.77. The number of aromatic nitrogens is 6. The largest absolute Gasteiger partial charge is 0.497 e. The monoisotopic (exact) mass is 435 g/mol. The van der Waals surface area contributed by atoms with Crippen LogP contribution in [0.25, 0.3) is 17.1 Å². The van der Waals surface area contributed by atoms with Crippen LogP contribution < -0.4 is 14.8 Å². The summed E-state index contributed by atoms with van der Waals surface area (Å²) < 4.78 is 17.3. The van der Waals surface area contributed by atoms with Gasteiger partial charge in [0.15, 0.2) is 5.82 Å². The molecule has 0 radical (unpaired) electrons. The van der Waals surface area contributed by atoms with Crippen LogP contribution in [0.1, 0.15) is 18.1 Å². The fourth-order valence-corrected chi connectivity index (χ4v) is 3.05. The molecule has 0 aliphatic carbocycles. The Hall–Kier alpha value is -4.28. The maximum absolute atomic E-state index is 12.5. The number of anilines is 1. The molecule has 1 amide bonds. The van der Waals surface area contributed by atoms with Crippen LogP contribution in [0.2, 0.25) is 0 Å². The van der Waals surface area contributed by atoms with E-state index in [4.69, 9.17) is 14.0 Å². The number of benzene rings is 2. The Balaban J connectivity index is 1.39. The topological polar surface area (TPSA) is 130 Å². The molecule has 0 bridgehead atoms. The fourth-order valence-electron chi connectivity index (χ4n) is 3.05. The molecule has 0 saturated heterocycles. The maximum atomic E-state index is 12.5. The molecule has 164 valence electrons. The molecule has 4 aromatic rings. The highest BCUT2D eigenvalue weighted by Gasteiger charge is 2.14. The summed E-state index contributed by atoms with van der Waals surface area (Å²) in [6, 6.07) is 12.5. The number of aryl methyl sites for hydroxylation is 2. The summed E-state index contributed by atoms with van der Waals surface area (Å²) in [4.78, 5) is 16.8. The number of tetrazole rings is 1. The second kappa shape index (κ2) is 9.25. The number of amides is 1. The summed E-state index contributed by atoms with van der Waals surface area (Å²) in [5.41, 5.74) is 2.01. The van der Waals surface area contributed by atoms with Gasteiger partial charge >= 0.3 is 0 Å². The van der Waals surface area contributed by atoms with Gasteiger partial charge in [0.25, 0.3) is 0 Å². The quantitative estimate of drug-likeness (QED) is 0.444. The molecule has 11 heteroatoms. The number of hydrogen-bond acceptors (Lipinski definition) is 9. The zero-order valence-corrected chi connectivity index (χ0v) is 17.8. The summed E-state index contributed by atoms with van der Waals surface area (Å²) in [5.74, 6) is 2.56. The highest BCUT2D eigenvalue weighted by molar-refractivity contribution is 5.91. The predicted octanol–water partition coefficient (Wildman–Crippen LogP) is 2.61. The number of carbonyl (C=O) groups excluding carboxylic acids is 1. The molecule has 0 fully saturated rings. The van der Waals surface area contributed by atoms with E-state index in [1.807, 2.05) is 24.3 Å². The van der Waals surface area contributed by atoms with Gasteiger partial charge in [-0.2, -0.15) is 9.67 Å². The lowest BCUT2D eigenvalue weighted by Crippen LogP contribution is -2.13. The lowest BCUT2D eigenvalue weighted by atomic mass is 10.2. The SMILES string of the molecule is COc1ccc(-c2noc(CCC(=O)Nc3ccc(OC)c(-n4nnnc4C)c3)n2)cc1. The number of carbonyl (C=O) groups is 1. The van der Waals surface area contributed by atoms with Gasteiger partial charge in [-0.15, -0.1) is 5.10 Å². The minimum atomic E-state index is -0.196. The second-order valence-electron chi connectivity index (χ2n) is 6.81. The highest BCUT2D eigenvalue weighted by Crippen LogP contribution is 2.26. The molecular formula is C21H21N7O4. The van der Waals surface area contributed by atoms with E-state index in [1.54, 1.807) is 39.3 Å². The third-order valence-corrected chi connectivity index (χ3v) is 4.70. The van der Waals surface area contributed by atoms with E-state index < -0.39 is 0 Å². The van der Waals surface area contributed by atoms with Crippen LogP contribution in [0.5, 0.6) is 11.5 Å². The van der Waals surface area contributed by atoms with Crippen molar-refractivity contribution in [2.24, 2.45) is 0 Å². The normalized spacial score (nSPS) is 10.7. The average molecular weight is 435 g/mol. The summed E-state index contributed by atoms with van der Waals surface area (Å²) in [6.45, 7) is 1.77. The van der Waals surface area contributed by atoms with E-state index in [1.165, 1.54) is 4.68 Å².